The summed E-state index contributed by atoms with van der Waals surface area (Å²) in [5, 5.41) is 0. The number of carbonyl (C=O) groups excluding carboxylic acids is 8. The fourth-order valence-electron chi connectivity index (χ4n) is 9.75. The van der Waals surface area contributed by atoms with Gasteiger partial charge in [0.25, 0.3) is 0 Å². The minimum absolute atomic E-state index is 0.0645. The van der Waals surface area contributed by atoms with Crippen molar-refractivity contribution in [2.24, 2.45) is 5.73 Å². The number of fused-ring (bicyclic) bond motifs is 8. The molecule has 0 aliphatic carbocycles. The molecule has 0 fully saturated rings. The molecule has 0 aromatic carbocycles. The summed E-state index contributed by atoms with van der Waals surface area (Å²) in [6, 6.07) is 6.99. The lowest BCUT2D eigenvalue weighted by atomic mass is 9.69. The monoisotopic (exact) mass is 973 g/mol. The summed E-state index contributed by atoms with van der Waals surface area (Å²) in [4.78, 5) is 121. The highest BCUT2D eigenvalue weighted by molar-refractivity contribution is 5.85. The molecular weight excluding hydrogens is 911 g/mol. The first-order valence-electron chi connectivity index (χ1n) is 22.8. The zero-order valence-corrected chi connectivity index (χ0v) is 41.3. The van der Waals surface area contributed by atoms with Gasteiger partial charge in [0.1, 0.15) is 0 Å². The lowest BCUT2D eigenvalue weighted by molar-refractivity contribution is -0.143. The second kappa shape index (κ2) is 23.5. The van der Waals surface area contributed by atoms with Crippen LogP contribution in [0.4, 0.5) is 0 Å². The Labute approximate surface area is 405 Å². The van der Waals surface area contributed by atoms with E-state index < -0.39 is 70.4 Å². The van der Waals surface area contributed by atoms with Gasteiger partial charge in [-0.15, -0.1) is 0 Å². The summed E-state index contributed by atoms with van der Waals surface area (Å²) < 4.78 is 35.6. The van der Waals surface area contributed by atoms with Crippen molar-refractivity contribution in [3.8, 4) is 0 Å². The van der Waals surface area contributed by atoms with Gasteiger partial charge in [0.05, 0.1) is 62.6 Å². The van der Waals surface area contributed by atoms with Gasteiger partial charge >= 0.3 is 41.8 Å². The largest absolute Gasteiger partial charge is 0.469 e. The Bertz CT molecular complexity index is 2690. The Balaban J connectivity index is 2.11. The van der Waals surface area contributed by atoms with Crippen molar-refractivity contribution in [1.82, 2.24) is 19.9 Å². The van der Waals surface area contributed by atoms with Gasteiger partial charge in [-0.3, -0.25) is 48.3 Å². The fourth-order valence-corrected chi connectivity index (χ4v) is 9.75. The number of nitrogens with zero attached hydrogens (tertiary/aromatic N) is 2. The molecule has 4 N–H and O–H groups in total. The molecule has 0 saturated carbocycles. The zero-order valence-electron chi connectivity index (χ0n) is 41.3. The van der Waals surface area contributed by atoms with Crippen molar-refractivity contribution in [3.63, 3.8) is 0 Å². The highest BCUT2D eigenvalue weighted by Gasteiger charge is 2.48. The quantitative estimate of drug-likeness (QED) is 0.0957. The maximum Gasteiger partial charge on any atom is 0.310 e. The van der Waals surface area contributed by atoms with Gasteiger partial charge in [0, 0.05) is 106 Å². The van der Waals surface area contributed by atoms with Gasteiger partial charge in [-0.05, 0) is 78.6 Å². The minimum atomic E-state index is -1.19. The molecule has 3 aromatic heterocycles. The average Bonchev–Trinajstić information content (AvgIpc) is 3.99. The fraction of sp³-hybridized carbons (Fsp3) is 0.520. The number of amides is 1. The van der Waals surface area contributed by atoms with Crippen LogP contribution in [-0.2, 0) is 108 Å². The summed E-state index contributed by atoms with van der Waals surface area (Å²) in [7, 11) is 8.87. The number of H-pyrrole nitrogens is 2. The molecule has 0 spiro atoms. The SMILES string of the molecule is COC(=O)CCc1c(CCC(=O)OC)c2cc3[nH]c(cc4nc(cc5nc(cc1[nH]2)[C@@](C)(CC(N)=O)[C@@H]5CCC(=O)OC)[C@@](C)(CC(=O)OC)[C@@H]4CCC(=O)OC)c(CC(=O)OC)c3CCC(=O)OC. The smallest absolute Gasteiger partial charge is 0.310 e. The second-order valence-corrected chi connectivity index (χ2v) is 17.8. The molecule has 4 atom stereocenters. The van der Waals surface area contributed by atoms with E-state index in [1.807, 2.05) is 13.8 Å². The third kappa shape index (κ3) is 12.2. The maximum absolute atomic E-state index is 13.5. The normalized spacial score (nSPS) is 18.3. The van der Waals surface area contributed by atoms with Crippen LogP contribution >= 0.6 is 0 Å². The number of aromatic nitrogens is 4. The highest BCUT2D eigenvalue weighted by atomic mass is 16.5. The van der Waals surface area contributed by atoms with Crippen molar-refractivity contribution in [2.45, 2.75) is 120 Å². The highest BCUT2D eigenvalue weighted by Crippen LogP contribution is 2.51. The van der Waals surface area contributed by atoms with Crippen LogP contribution in [0.5, 0.6) is 0 Å². The zero-order chi connectivity index (χ0) is 51.5. The van der Waals surface area contributed by atoms with E-state index in [0.29, 0.717) is 67.1 Å². The van der Waals surface area contributed by atoms with Crippen LogP contribution in [0.2, 0.25) is 0 Å². The third-order valence-electron chi connectivity index (χ3n) is 13.6. The number of primary amides is 1. The number of carbonyl (C=O) groups is 8. The van der Waals surface area contributed by atoms with E-state index in [4.69, 9.17) is 48.9 Å². The van der Waals surface area contributed by atoms with Crippen LogP contribution in [0.25, 0.3) is 22.1 Å². The molecule has 0 saturated heterocycles. The number of aryl methyl sites for hydroxylation is 3. The van der Waals surface area contributed by atoms with Crippen molar-refractivity contribution in [2.75, 3.05) is 49.8 Å². The van der Waals surface area contributed by atoms with Crippen LogP contribution in [0, 0.1) is 0 Å². The molecule has 20 heteroatoms. The standard InChI is InChI=1S/C50H63N5O15/c1-49(25-41(51)56)32(14-19-46(61)68-7)38-24-40-50(2,26-48(63)70-9)31(13-18-45(60)67-6)37(54-40)22-35-30(20-47(62)69-8)29(12-17-44(59)66-5)34(52-35)21-33-27(10-15-42(57)64-3)28(11-16-43(58)65-4)36(53-33)23-39(49)55-38/h21-24,31-32,52-53H,10-20,25-26H2,1-9H3,(H2,51,56)/t31-,32-,49+,50+/m1/s1. The molecule has 20 nitrogen and oxygen atoms in total. The lowest BCUT2D eigenvalue weighted by Gasteiger charge is -2.32. The van der Waals surface area contributed by atoms with E-state index in [1.54, 1.807) is 24.3 Å². The van der Waals surface area contributed by atoms with E-state index in [9.17, 15) is 38.4 Å². The molecule has 3 aromatic rings. The number of nitrogens with two attached hydrogens (primary N) is 1. The van der Waals surface area contributed by atoms with E-state index >= 15 is 0 Å². The van der Waals surface area contributed by atoms with Gasteiger partial charge < -0.3 is 48.9 Å². The van der Waals surface area contributed by atoms with Gasteiger partial charge in [-0.1, -0.05) is 13.8 Å². The summed E-state index contributed by atoms with van der Waals surface area (Å²) in [5.74, 6) is -5.74. The topological polar surface area (TPSA) is 285 Å². The first kappa shape index (κ1) is 53.8. The summed E-state index contributed by atoms with van der Waals surface area (Å²) >= 11 is 0. The van der Waals surface area contributed by atoms with E-state index in [0.717, 1.165) is 0 Å². The Morgan fingerprint density at radius 1 is 0.471 bits per heavy atom. The molecule has 1 amide bonds. The van der Waals surface area contributed by atoms with Gasteiger partial charge in [-0.2, -0.15) is 0 Å². The van der Waals surface area contributed by atoms with Gasteiger partial charge in [0.15, 0.2) is 0 Å². The van der Waals surface area contributed by atoms with Crippen molar-refractivity contribution >= 4 is 69.8 Å². The number of rotatable bonds is 21. The number of aromatic amines is 2. The lowest BCUT2D eigenvalue weighted by Crippen LogP contribution is -2.33. The Morgan fingerprint density at radius 2 is 0.829 bits per heavy atom. The van der Waals surface area contributed by atoms with E-state index in [1.165, 1.54) is 49.8 Å². The predicted molar refractivity (Wildman–Crippen MR) is 251 cm³/mol. The molecule has 2 aliphatic rings. The van der Waals surface area contributed by atoms with Crippen LogP contribution in [0.15, 0.2) is 24.3 Å². The van der Waals surface area contributed by atoms with E-state index in [-0.39, 0.29) is 83.5 Å². The minimum Gasteiger partial charge on any atom is -0.469 e. The molecule has 0 unspecified atom stereocenters. The van der Waals surface area contributed by atoms with Gasteiger partial charge in [0.2, 0.25) is 5.91 Å². The Hall–Kier alpha value is -7.12. The molecule has 5 heterocycles. The van der Waals surface area contributed by atoms with Gasteiger partial charge in [-0.25, -0.2) is 0 Å². The molecule has 0 radical (unpaired) electrons. The molecule has 5 rings (SSSR count). The Morgan fingerprint density at radius 3 is 1.26 bits per heavy atom. The first-order chi connectivity index (χ1) is 33.3. The molecule has 8 bridgehead atoms. The van der Waals surface area contributed by atoms with Crippen LogP contribution < -0.4 is 5.73 Å². The molecule has 2 aliphatic heterocycles. The predicted octanol–water partition coefficient (Wildman–Crippen LogP) is 4.78. The number of hydrogen-bond donors (Lipinski definition) is 3. The number of nitrogens with one attached hydrogen (secondary N) is 2. The number of ether oxygens (including phenoxy) is 7. The van der Waals surface area contributed by atoms with Crippen LogP contribution in [0.3, 0.4) is 0 Å². The third-order valence-corrected chi connectivity index (χ3v) is 13.6. The molecular formula is C50H63N5O15. The Kier molecular flexibility index (Phi) is 18.0. The number of hydrogen-bond acceptors (Lipinski definition) is 17. The van der Waals surface area contributed by atoms with Crippen LogP contribution in [-0.4, -0.2) is 117 Å². The van der Waals surface area contributed by atoms with Crippen molar-refractivity contribution in [3.05, 3.63) is 69.3 Å². The molecule has 70 heavy (non-hydrogen) atoms. The number of esters is 7. The first-order valence-corrected chi connectivity index (χ1v) is 22.8. The summed E-state index contributed by atoms with van der Waals surface area (Å²) in [6.45, 7) is 3.64. The van der Waals surface area contributed by atoms with E-state index in [2.05, 4.69) is 9.97 Å². The van der Waals surface area contributed by atoms with Crippen LogP contribution in [0.1, 0.15) is 129 Å². The maximum atomic E-state index is 13.5. The summed E-state index contributed by atoms with van der Waals surface area (Å²) in [6.07, 6.45) is -0.472. The number of methoxy groups -OCH3 is 7. The molecule has 378 valence electrons. The second-order valence-electron chi connectivity index (χ2n) is 17.8. The van der Waals surface area contributed by atoms with Crippen molar-refractivity contribution < 1.29 is 71.5 Å². The summed E-state index contributed by atoms with van der Waals surface area (Å²) in [5.41, 5.74) is 9.18. The average molecular weight is 974 g/mol. The van der Waals surface area contributed by atoms with Crippen molar-refractivity contribution in [1.29, 1.82) is 0 Å².